The zero-order valence-corrected chi connectivity index (χ0v) is 18.5. The van der Waals surface area contributed by atoms with E-state index in [2.05, 4.69) is 40.4 Å². The van der Waals surface area contributed by atoms with Crippen molar-refractivity contribution in [3.63, 3.8) is 0 Å². The average Bonchev–Trinajstić information content (AvgIpc) is 3.32. The van der Waals surface area contributed by atoms with Gasteiger partial charge in [-0.05, 0) is 31.0 Å². The number of ether oxygens (including phenoxy) is 2. The van der Waals surface area contributed by atoms with Gasteiger partial charge >= 0.3 is 0 Å². The molecule has 1 atom stereocenters. The van der Waals surface area contributed by atoms with Crippen LogP contribution in [0.5, 0.6) is 0 Å². The van der Waals surface area contributed by atoms with E-state index in [0.717, 1.165) is 65.6 Å². The monoisotopic (exact) mass is 410 g/mol. The van der Waals surface area contributed by atoms with E-state index < -0.39 is 8.07 Å². The van der Waals surface area contributed by atoms with Crippen LogP contribution in [0.1, 0.15) is 24.5 Å². The first-order chi connectivity index (χ1) is 13.9. The van der Waals surface area contributed by atoms with Crippen LogP contribution in [0.3, 0.4) is 0 Å². The van der Waals surface area contributed by atoms with Gasteiger partial charge < -0.3 is 19.8 Å². The van der Waals surface area contributed by atoms with E-state index >= 15 is 0 Å². The standard InChI is InChI=1S/C22H30N4O2Si/c1-29(2,3)11-10-27-15-26-13-18(19-8-5-9-28-19)20-21(24-14-25-22(20)26)16-6-4-7-17(23)12-16/h4,6-7,12-14,19H,5,8-11,15,23H2,1-3H3. The molecule has 0 spiro atoms. The lowest BCUT2D eigenvalue weighted by molar-refractivity contribution is 0.0884. The van der Waals surface area contributed by atoms with Gasteiger partial charge in [-0.1, -0.05) is 31.8 Å². The fourth-order valence-electron chi connectivity index (χ4n) is 3.77. The van der Waals surface area contributed by atoms with Crippen molar-refractivity contribution in [1.82, 2.24) is 14.5 Å². The Balaban J connectivity index is 1.73. The van der Waals surface area contributed by atoms with Crippen LogP contribution in [-0.4, -0.2) is 35.8 Å². The Morgan fingerprint density at radius 2 is 2.14 bits per heavy atom. The molecule has 3 aromatic rings. The van der Waals surface area contributed by atoms with Gasteiger partial charge in [0.25, 0.3) is 0 Å². The molecule has 2 N–H and O–H groups in total. The normalized spacial score (nSPS) is 17.3. The molecule has 4 rings (SSSR count). The van der Waals surface area contributed by atoms with E-state index in [1.54, 1.807) is 6.33 Å². The zero-order chi connectivity index (χ0) is 20.4. The van der Waals surface area contributed by atoms with E-state index in [0.29, 0.717) is 6.73 Å². The van der Waals surface area contributed by atoms with Crippen LogP contribution in [0.4, 0.5) is 5.69 Å². The van der Waals surface area contributed by atoms with Crippen LogP contribution in [0.25, 0.3) is 22.3 Å². The molecular weight excluding hydrogens is 380 g/mol. The van der Waals surface area contributed by atoms with Crippen molar-refractivity contribution >= 4 is 24.8 Å². The van der Waals surface area contributed by atoms with Crippen LogP contribution in [0, 0.1) is 0 Å². The predicted octanol–water partition coefficient (Wildman–Crippen LogP) is 4.84. The molecule has 1 saturated heterocycles. The number of nitrogen functional groups attached to an aromatic ring is 1. The Hall–Kier alpha value is -2.22. The van der Waals surface area contributed by atoms with Gasteiger partial charge in [0.05, 0.1) is 17.2 Å². The number of fused-ring (bicyclic) bond motifs is 1. The highest BCUT2D eigenvalue weighted by Gasteiger charge is 2.25. The first-order valence-electron chi connectivity index (χ1n) is 10.3. The van der Waals surface area contributed by atoms with Gasteiger partial charge in [0, 0.05) is 44.3 Å². The van der Waals surface area contributed by atoms with Crippen molar-refractivity contribution < 1.29 is 9.47 Å². The second-order valence-corrected chi connectivity index (χ2v) is 14.6. The van der Waals surface area contributed by atoms with Crippen molar-refractivity contribution in [3.8, 4) is 11.3 Å². The molecule has 0 saturated carbocycles. The van der Waals surface area contributed by atoms with Gasteiger partial charge in [-0.2, -0.15) is 0 Å². The smallest absolute Gasteiger partial charge is 0.146 e. The summed E-state index contributed by atoms with van der Waals surface area (Å²) in [5.74, 6) is 0. The summed E-state index contributed by atoms with van der Waals surface area (Å²) >= 11 is 0. The summed E-state index contributed by atoms with van der Waals surface area (Å²) in [6.45, 7) is 9.15. The van der Waals surface area contributed by atoms with Crippen LogP contribution in [0.2, 0.25) is 25.7 Å². The highest BCUT2D eigenvalue weighted by atomic mass is 28.3. The number of anilines is 1. The molecule has 1 aromatic carbocycles. The molecule has 7 heteroatoms. The maximum atomic E-state index is 6.03. The Labute approximate surface area is 173 Å². The SMILES string of the molecule is C[Si](C)(C)CCOCn1cc(C2CCCO2)c2c(-c3cccc(N)c3)ncnc21. The third kappa shape index (κ3) is 4.52. The van der Waals surface area contributed by atoms with Crippen LogP contribution < -0.4 is 5.73 Å². The van der Waals surface area contributed by atoms with Crippen molar-refractivity contribution in [2.24, 2.45) is 0 Å². The van der Waals surface area contributed by atoms with Crippen molar-refractivity contribution in [1.29, 1.82) is 0 Å². The molecule has 1 fully saturated rings. The molecule has 2 aromatic heterocycles. The first-order valence-corrected chi connectivity index (χ1v) is 14.0. The lowest BCUT2D eigenvalue weighted by Gasteiger charge is -2.15. The number of hydrogen-bond donors (Lipinski definition) is 1. The number of rotatable bonds is 7. The number of benzene rings is 1. The summed E-state index contributed by atoms with van der Waals surface area (Å²) in [7, 11) is -1.12. The Morgan fingerprint density at radius 3 is 2.86 bits per heavy atom. The lowest BCUT2D eigenvalue weighted by atomic mass is 10.0. The van der Waals surface area contributed by atoms with Gasteiger partial charge in [0.15, 0.2) is 0 Å². The summed E-state index contributed by atoms with van der Waals surface area (Å²) in [5, 5.41) is 1.04. The third-order valence-corrected chi connectivity index (χ3v) is 7.05. The van der Waals surface area contributed by atoms with Gasteiger partial charge in [-0.25, -0.2) is 9.97 Å². The van der Waals surface area contributed by atoms with Gasteiger partial charge in [-0.3, -0.25) is 0 Å². The Morgan fingerprint density at radius 1 is 1.28 bits per heavy atom. The topological polar surface area (TPSA) is 75.2 Å². The zero-order valence-electron chi connectivity index (χ0n) is 17.5. The summed E-state index contributed by atoms with van der Waals surface area (Å²) in [6.07, 6.45) is 5.93. The fraction of sp³-hybridized carbons (Fsp3) is 0.455. The molecule has 29 heavy (non-hydrogen) atoms. The van der Waals surface area contributed by atoms with Crippen molar-refractivity contribution in [2.45, 2.75) is 51.4 Å². The minimum Gasteiger partial charge on any atom is -0.399 e. The second-order valence-electron chi connectivity index (χ2n) is 8.95. The Bertz CT molecular complexity index is 990. The van der Waals surface area contributed by atoms with Crippen LogP contribution >= 0.6 is 0 Å². The van der Waals surface area contributed by atoms with E-state index in [4.69, 9.17) is 15.2 Å². The van der Waals surface area contributed by atoms with Crippen LogP contribution in [-0.2, 0) is 16.2 Å². The first kappa shape index (κ1) is 20.1. The van der Waals surface area contributed by atoms with E-state index in [1.807, 2.05) is 24.3 Å². The largest absolute Gasteiger partial charge is 0.399 e. The van der Waals surface area contributed by atoms with Gasteiger partial charge in [-0.15, -0.1) is 0 Å². The highest BCUT2D eigenvalue weighted by molar-refractivity contribution is 6.76. The lowest BCUT2D eigenvalue weighted by Crippen LogP contribution is -2.22. The van der Waals surface area contributed by atoms with E-state index in [1.165, 1.54) is 0 Å². The molecule has 3 heterocycles. The molecule has 154 valence electrons. The number of hydrogen-bond acceptors (Lipinski definition) is 5. The third-order valence-electron chi connectivity index (χ3n) is 5.35. The molecular formula is C22H30N4O2Si. The summed E-state index contributed by atoms with van der Waals surface area (Å²) in [6, 6.07) is 9.00. The predicted molar refractivity (Wildman–Crippen MR) is 119 cm³/mol. The molecule has 1 aliphatic rings. The fourth-order valence-corrected chi connectivity index (χ4v) is 4.52. The van der Waals surface area contributed by atoms with Crippen molar-refractivity contribution in [3.05, 3.63) is 42.4 Å². The maximum absolute atomic E-state index is 6.03. The Kier molecular flexibility index (Phi) is 5.71. The molecule has 0 aliphatic carbocycles. The average molecular weight is 411 g/mol. The number of nitrogens with zero attached hydrogens (tertiary/aromatic N) is 3. The maximum Gasteiger partial charge on any atom is 0.146 e. The highest BCUT2D eigenvalue weighted by Crippen LogP contribution is 2.38. The molecule has 0 amide bonds. The van der Waals surface area contributed by atoms with Gasteiger partial charge in [0.2, 0.25) is 0 Å². The summed E-state index contributed by atoms with van der Waals surface area (Å²) in [4.78, 5) is 9.22. The second kappa shape index (κ2) is 8.26. The van der Waals surface area contributed by atoms with E-state index in [9.17, 15) is 0 Å². The molecule has 0 radical (unpaired) electrons. The molecule has 1 unspecified atom stereocenters. The minimum atomic E-state index is -1.12. The van der Waals surface area contributed by atoms with Crippen molar-refractivity contribution in [2.75, 3.05) is 18.9 Å². The minimum absolute atomic E-state index is 0.0755. The quantitative estimate of drug-likeness (QED) is 0.342. The number of nitrogens with two attached hydrogens (primary N) is 1. The summed E-state index contributed by atoms with van der Waals surface area (Å²) in [5.41, 5.74) is 10.7. The molecule has 0 bridgehead atoms. The molecule has 1 aliphatic heterocycles. The summed E-state index contributed by atoms with van der Waals surface area (Å²) < 4.78 is 14.1. The van der Waals surface area contributed by atoms with Gasteiger partial charge in [0.1, 0.15) is 18.7 Å². The van der Waals surface area contributed by atoms with E-state index in [-0.39, 0.29) is 6.10 Å². The molecule has 6 nitrogen and oxygen atoms in total. The van der Waals surface area contributed by atoms with Crippen LogP contribution in [0.15, 0.2) is 36.8 Å². The number of aromatic nitrogens is 3.